The minimum absolute atomic E-state index is 0.393. The Morgan fingerprint density at radius 3 is 2.48 bits per heavy atom. The van der Waals surface area contributed by atoms with E-state index in [9.17, 15) is 4.79 Å². The van der Waals surface area contributed by atoms with Crippen LogP contribution in [0.25, 0.3) is 16.9 Å². The summed E-state index contributed by atoms with van der Waals surface area (Å²) in [5, 5.41) is 10.6. The Bertz CT molecular complexity index is 1710. The molecule has 1 amide bonds. The Morgan fingerprint density at radius 1 is 0.932 bits per heavy atom. The number of fused-ring (bicyclic) bond motifs is 1. The Kier molecular flexibility index (Phi) is 9.32. The van der Waals surface area contributed by atoms with Crippen molar-refractivity contribution in [3.63, 3.8) is 0 Å². The molecule has 2 N–H and O–H groups in total. The highest BCUT2D eigenvalue weighted by atomic mass is 16.6. The third-order valence-corrected chi connectivity index (χ3v) is 6.80. The zero-order chi connectivity index (χ0) is 31.1. The van der Waals surface area contributed by atoms with E-state index in [-0.39, 0.29) is 0 Å². The molecule has 0 atom stereocenters. The average molecular weight is 594 g/mol. The number of anilines is 3. The van der Waals surface area contributed by atoms with Gasteiger partial charge in [-0.25, -0.2) is 19.7 Å². The van der Waals surface area contributed by atoms with E-state index < -0.39 is 11.7 Å². The number of aryl methyl sites for hydroxylation is 2. The van der Waals surface area contributed by atoms with Gasteiger partial charge in [0.2, 0.25) is 11.9 Å². The monoisotopic (exact) mass is 593 g/mol. The second kappa shape index (κ2) is 13.5. The maximum absolute atomic E-state index is 11.9. The van der Waals surface area contributed by atoms with Crippen LogP contribution in [-0.2, 0) is 17.6 Å². The lowest BCUT2D eigenvalue weighted by Gasteiger charge is -2.20. The molecule has 0 saturated carbocycles. The van der Waals surface area contributed by atoms with Gasteiger partial charge in [0.25, 0.3) is 0 Å². The maximum Gasteiger partial charge on any atom is 0.407 e. The summed E-state index contributed by atoms with van der Waals surface area (Å²) < 4.78 is 7.01. The summed E-state index contributed by atoms with van der Waals surface area (Å²) in [5.74, 6) is 1.86. The molecule has 0 spiro atoms. The summed E-state index contributed by atoms with van der Waals surface area (Å²) in [6.45, 7) is 8.75. The number of aromatic nitrogens is 6. The molecular weight excluding hydrogens is 554 g/mol. The first-order valence-corrected chi connectivity index (χ1v) is 14.8. The van der Waals surface area contributed by atoms with E-state index in [1.54, 1.807) is 4.52 Å². The summed E-state index contributed by atoms with van der Waals surface area (Å²) in [6.07, 6.45) is 3.68. The Labute approximate surface area is 257 Å². The van der Waals surface area contributed by atoms with Crippen LogP contribution in [0.15, 0.2) is 73.1 Å². The second-order valence-electron chi connectivity index (χ2n) is 11.6. The van der Waals surface area contributed by atoms with Crippen LogP contribution >= 0.6 is 0 Å². The van der Waals surface area contributed by atoms with E-state index in [0.29, 0.717) is 36.5 Å². The summed E-state index contributed by atoms with van der Waals surface area (Å²) in [6, 6.07) is 22.3. The lowest BCUT2D eigenvalue weighted by Crippen LogP contribution is -2.33. The van der Waals surface area contributed by atoms with Gasteiger partial charge in [0.15, 0.2) is 5.65 Å². The average Bonchev–Trinajstić information content (AvgIpc) is 3.47. The molecule has 3 heterocycles. The van der Waals surface area contributed by atoms with Gasteiger partial charge in [-0.3, -0.25) is 4.90 Å². The number of hydrogen-bond acceptors (Lipinski definition) is 9. The van der Waals surface area contributed by atoms with Crippen LogP contribution in [-0.4, -0.2) is 61.4 Å². The van der Waals surface area contributed by atoms with Crippen LogP contribution in [0.4, 0.5) is 22.5 Å². The number of nitrogens with zero attached hydrogens (tertiary/aromatic N) is 7. The molecule has 0 aliphatic rings. The van der Waals surface area contributed by atoms with Crippen LogP contribution in [0.3, 0.4) is 0 Å². The van der Waals surface area contributed by atoms with E-state index in [1.807, 2.05) is 82.1 Å². The molecule has 0 fully saturated rings. The summed E-state index contributed by atoms with van der Waals surface area (Å²) in [4.78, 5) is 32.5. The SMILES string of the molecule is Cc1cc(N(C)c2nc(-c3ccccc3)cc3ncnn23)nc(NCCCc2cccc(CCNC(=O)OC(C)(C)C)c2)n1. The molecule has 44 heavy (non-hydrogen) atoms. The number of nitrogens with one attached hydrogen (secondary N) is 2. The molecule has 11 nitrogen and oxygen atoms in total. The molecule has 0 saturated heterocycles. The van der Waals surface area contributed by atoms with Gasteiger partial charge >= 0.3 is 6.09 Å². The van der Waals surface area contributed by atoms with Gasteiger partial charge in [-0.1, -0.05) is 54.6 Å². The van der Waals surface area contributed by atoms with Gasteiger partial charge in [0.1, 0.15) is 17.7 Å². The molecule has 0 radical (unpaired) electrons. The van der Waals surface area contributed by atoms with Crippen LogP contribution in [0.5, 0.6) is 0 Å². The third-order valence-electron chi connectivity index (χ3n) is 6.80. The van der Waals surface area contributed by atoms with Crippen LogP contribution in [0, 0.1) is 6.92 Å². The van der Waals surface area contributed by atoms with Crippen molar-refractivity contribution in [1.82, 2.24) is 34.9 Å². The number of rotatable bonds is 11. The number of amides is 1. The fourth-order valence-corrected chi connectivity index (χ4v) is 4.75. The lowest BCUT2D eigenvalue weighted by atomic mass is 10.0. The highest BCUT2D eigenvalue weighted by Crippen LogP contribution is 2.26. The van der Waals surface area contributed by atoms with Gasteiger partial charge < -0.3 is 15.4 Å². The van der Waals surface area contributed by atoms with Crippen molar-refractivity contribution < 1.29 is 9.53 Å². The Balaban J connectivity index is 1.19. The van der Waals surface area contributed by atoms with Crippen molar-refractivity contribution in [3.8, 4) is 11.3 Å². The fourth-order valence-electron chi connectivity index (χ4n) is 4.75. The molecule has 0 aliphatic heterocycles. The van der Waals surface area contributed by atoms with Gasteiger partial charge in [0.05, 0.1) is 5.69 Å². The van der Waals surface area contributed by atoms with Crippen LogP contribution < -0.4 is 15.5 Å². The minimum atomic E-state index is -0.505. The molecule has 0 aliphatic carbocycles. The molecule has 11 heteroatoms. The molecule has 0 bridgehead atoms. The number of ether oxygens (including phenoxy) is 1. The summed E-state index contributed by atoms with van der Waals surface area (Å²) in [5.41, 5.74) is 5.26. The first-order valence-electron chi connectivity index (χ1n) is 14.8. The van der Waals surface area contributed by atoms with Gasteiger partial charge in [0, 0.05) is 43.5 Å². The minimum Gasteiger partial charge on any atom is -0.444 e. The van der Waals surface area contributed by atoms with Crippen molar-refractivity contribution in [2.24, 2.45) is 0 Å². The van der Waals surface area contributed by atoms with E-state index in [1.165, 1.54) is 17.5 Å². The highest BCUT2D eigenvalue weighted by Gasteiger charge is 2.17. The van der Waals surface area contributed by atoms with Crippen LogP contribution in [0.2, 0.25) is 0 Å². The molecule has 228 valence electrons. The first-order chi connectivity index (χ1) is 21.1. The smallest absolute Gasteiger partial charge is 0.407 e. The summed E-state index contributed by atoms with van der Waals surface area (Å²) in [7, 11) is 1.92. The molecule has 5 aromatic rings. The molecule has 0 unspecified atom stereocenters. The first kappa shape index (κ1) is 30.4. The predicted molar refractivity (Wildman–Crippen MR) is 172 cm³/mol. The maximum atomic E-state index is 11.9. The zero-order valence-corrected chi connectivity index (χ0v) is 25.9. The number of hydrogen-bond donors (Lipinski definition) is 2. The van der Waals surface area contributed by atoms with Crippen molar-refractivity contribution in [3.05, 3.63) is 89.9 Å². The quantitative estimate of drug-likeness (QED) is 0.184. The largest absolute Gasteiger partial charge is 0.444 e. The highest BCUT2D eigenvalue weighted by molar-refractivity contribution is 5.68. The zero-order valence-electron chi connectivity index (χ0n) is 25.9. The third kappa shape index (κ3) is 8.06. The van der Waals surface area contributed by atoms with Crippen molar-refractivity contribution in [2.75, 3.05) is 30.4 Å². The fraction of sp³-hybridized carbons (Fsp3) is 0.333. The molecular formula is C33H39N9O2. The second-order valence-corrected chi connectivity index (χ2v) is 11.6. The van der Waals surface area contributed by atoms with Gasteiger partial charge in [-0.2, -0.15) is 14.6 Å². The lowest BCUT2D eigenvalue weighted by molar-refractivity contribution is 0.0528. The molecule has 5 rings (SSSR count). The summed E-state index contributed by atoms with van der Waals surface area (Å²) >= 11 is 0. The number of carbonyl (C=O) groups excluding carboxylic acids is 1. The Morgan fingerprint density at radius 2 is 1.70 bits per heavy atom. The number of benzene rings is 2. The standard InChI is InChI=1S/C33H39N9O2/c1-23-19-29(41(5)31-39-27(26-14-7-6-8-15-26)21-28-36-22-37-42(28)31)40-30(38-23)34-17-10-13-24-11-9-12-25(20-24)16-18-35-32(43)44-33(2,3)4/h6-9,11-12,14-15,19-22H,10,13,16-18H2,1-5H3,(H,35,43)(H,34,38,40). The number of carbonyl (C=O) groups is 1. The van der Waals surface area contributed by atoms with E-state index in [0.717, 1.165) is 36.2 Å². The molecule has 2 aromatic carbocycles. The van der Waals surface area contributed by atoms with Crippen molar-refractivity contribution >= 4 is 29.5 Å². The van der Waals surface area contributed by atoms with Gasteiger partial charge in [-0.15, -0.1) is 0 Å². The Hall–Kier alpha value is -5.06. The predicted octanol–water partition coefficient (Wildman–Crippen LogP) is 5.77. The number of alkyl carbamates (subject to hydrolysis) is 1. The van der Waals surface area contributed by atoms with Gasteiger partial charge in [-0.05, 0) is 58.1 Å². The van der Waals surface area contributed by atoms with E-state index in [4.69, 9.17) is 14.7 Å². The van der Waals surface area contributed by atoms with Crippen LogP contribution in [0.1, 0.15) is 44.0 Å². The van der Waals surface area contributed by atoms with Crippen molar-refractivity contribution in [1.29, 1.82) is 0 Å². The normalized spacial score (nSPS) is 11.4. The molecule has 3 aromatic heterocycles. The van der Waals surface area contributed by atoms with Crippen molar-refractivity contribution in [2.45, 2.75) is 52.6 Å². The topological polar surface area (TPSA) is 122 Å². The van der Waals surface area contributed by atoms with E-state index >= 15 is 0 Å². The van der Waals surface area contributed by atoms with E-state index in [2.05, 4.69) is 50.0 Å².